The van der Waals surface area contributed by atoms with Gasteiger partial charge in [0, 0.05) is 36.9 Å². The topological polar surface area (TPSA) is 50.9 Å². The van der Waals surface area contributed by atoms with Crippen LogP contribution in [0.5, 0.6) is 0 Å². The summed E-state index contributed by atoms with van der Waals surface area (Å²) in [6.45, 7) is 1.98. The van der Waals surface area contributed by atoms with Gasteiger partial charge >= 0.3 is 0 Å². The van der Waals surface area contributed by atoms with E-state index in [4.69, 9.17) is 0 Å². The zero-order valence-electron chi connectivity index (χ0n) is 11.6. The van der Waals surface area contributed by atoms with Crippen molar-refractivity contribution in [3.63, 3.8) is 0 Å². The quantitative estimate of drug-likeness (QED) is 0.793. The Morgan fingerprint density at radius 3 is 2.85 bits per heavy atom. The fourth-order valence-corrected chi connectivity index (χ4v) is 2.34. The summed E-state index contributed by atoms with van der Waals surface area (Å²) < 4.78 is 1.93. The van der Waals surface area contributed by atoms with E-state index in [1.807, 2.05) is 55.1 Å². The Bertz CT molecular complexity index is 748. The third-order valence-corrected chi connectivity index (χ3v) is 3.53. The summed E-state index contributed by atoms with van der Waals surface area (Å²) in [5.41, 5.74) is 2.85. The number of fused-ring (bicyclic) bond motifs is 1. The largest absolute Gasteiger partial charge is 0.388 e. The van der Waals surface area contributed by atoms with Crippen molar-refractivity contribution in [1.29, 1.82) is 0 Å². The van der Waals surface area contributed by atoms with Gasteiger partial charge in [0.15, 0.2) is 0 Å². The van der Waals surface area contributed by atoms with E-state index in [1.165, 1.54) is 0 Å². The van der Waals surface area contributed by atoms with Gasteiger partial charge in [0.05, 0.1) is 11.6 Å². The van der Waals surface area contributed by atoms with Crippen molar-refractivity contribution in [3.05, 3.63) is 59.8 Å². The first-order valence-corrected chi connectivity index (χ1v) is 6.65. The number of benzene rings is 1. The molecule has 0 saturated heterocycles. The molecule has 1 N–H and O–H groups in total. The van der Waals surface area contributed by atoms with Crippen LogP contribution in [0.3, 0.4) is 0 Å². The average Bonchev–Trinajstić information content (AvgIpc) is 2.83. The van der Waals surface area contributed by atoms with Crippen LogP contribution in [0.2, 0.25) is 0 Å². The van der Waals surface area contributed by atoms with Crippen molar-refractivity contribution >= 4 is 10.9 Å². The maximum absolute atomic E-state index is 10.4. The van der Waals surface area contributed by atoms with E-state index in [0.29, 0.717) is 6.42 Å². The second-order valence-electron chi connectivity index (χ2n) is 5.08. The molecule has 2 aromatic heterocycles. The van der Waals surface area contributed by atoms with Gasteiger partial charge < -0.3 is 9.67 Å². The standard InChI is InChI=1S/C16H17N3O/c1-11-3-4-12-9-13(5-6-14(12)18-11)15(20)10-16-17-7-8-19(16)2/h3-9,15,20H,10H2,1-2H3. The van der Waals surface area contributed by atoms with E-state index >= 15 is 0 Å². The van der Waals surface area contributed by atoms with Crippen LogP contribution in [0.4, 0.5) is 0 Å². The highest BCUT2D eigenvalue weighted by atomic mass is 16.3. The Hall–Kier alpha value is -2.20. The second kappa shape index (κ2) is 5.06. The molecule has 2 heterocycles. The molecule has 0 aliphatic rings. The molecule has 20 heavy (non-hydrogen) atoms. The van der Waals surface area contributed by atoms with Crippen LogP contribution in [0.15, 0.2) is 42.7 Å². The Labute approximate surface area is 117 Å². The molecule has 0 saturated carbocycles. The lowest BCUT2D eigenvalue weighted by Gasteiger charge is -2.12. The third-order valence-electron chi connectivity index (χ3n) is 3.53. The Balaban J connectivity index is 1.90. The SMILES string of the molecule is Cc1ccc2cc(C(O)Cc3nccn3C)ccc2n1. The van der Waals surface area contributed by atoms with Gasteiger partial charge in [0.1, 0.15) is 5.82 Å². The van der Waals surface area contributed by atoms with Crippen molar-refractivity contribution in [2.45, 2.75) is 19.4 Å². The van der Waals surface area contributed by atoms with E-state index in [2.05, 4.69) is 9.97 Å². The molecule has 4 nitrogen and oxygen atoms in total. The number of aryl methyl sites for hydroxylation is 2. The second-order valence-corrected chi connectivity index (χ2v) is 5.08. The summed E-state index contributed by atoms with van der Waals surface area (Å²) in [4.78, 5) is 8.71. The maximum Gasteiger partial charge on any atom is 0.111 e. The van der Waals surface area contributed by atoms with E-state index in [-0.39, 0.29) is 0 Å². The van der Waals surface area contributed by atoms with Crippen LogP contribution in [-0.4, -0.2) is 19.6 Å². The van der Waals surface area contributed by atoms with Crippen molar-refractivity contribution in [3.8, 4) is 0 Å². The highest BCUT2D eigenvalue weighted by molar-refractivity contribution is 5.79. The highest BCUT2D eigenvalue weighted by Crippen LogP contribution is 2.22. The van der Waals surface area contributed by atoms with Crippen LogP contribution >= 0.6 is 0 Å². The number of hydrogen-bond donors (Lipinski definition) is 1. The van der Waals surface area contributed by atoms with Gasteiger partial charge in [0.2, 0.25) is 0 Å². The smallest absolute Gasteiger partial charge is 0.111 e. The van der Waals surface area contributed by atoms with Gasteiger partial charge in [0.25, 0.3) is 0 Å². The number of aliphatic hydroxyl groups excluding tert-OH is 1. The third kappa shape index (κ3) is 2.42. The molecule has 0 aliphatic carbocycles. The Morgan fingerprint density at radius 1 is 1.25 bits per heavy atom. The molecule has 102 valence electrons. The zero-order valence-corrected chi connectivity index (χ0v) is 11.6. The number of pyridine rings is 1. The molecule has 0 bridgehead atoms. The first-order valence-electron chi connectivity index (χ1n) is 6.65. The summed E-state index contributed by atoms with van der Waals surface area (Å²) in [6, 6.07) is 9.91. The predicted molar refractivity (Wildman–Crippen MR) is 78.4 cm³/mol. The van der Waals surface area contributed by atoms with Gasteiger partial charge in [-0.3, -0.25) is 4.98 Å². The van der Waals surface area contributed by atoms with E-state index < -0.39 is 6.10 Å². The number of aromatic nitrogens is 3. The lowest BCUT2D eigenvalue weighted by molar-refractivity contribution is 0.175. The first-order chi connectivity index (χ1) is 9.63. The van der Waals surface area contributed by atoms with E-state index in [0.717, 1.165) is 28.0 Å². The molecule has 0 amide bonds. The van der Waals surface area contributed by atoms with Crippen LogP contribution in [0.1, 0.15) is 23.2 Å². The summed E-state index contributed by atoms with van der Waals surface area (Å²) in [5.74, 6) is 0.875. The minimum absolute atomic E-state index is 0.508. The number of nitrogens with zero attached hydrogens (tertiary/aromatic N) is 3. The minimum atomic E-state index is -0.554. The van der Waals surface area contributed by atoms with Crippen LogP contribution < -0.4 is 0 Å². The summed E-state index contributed by atoms with van der Waals surface area (Å²) in [7, 11) is 1.93. The van der Waals surface area contributed by atoms with E-state index in [1.54, 1.807) is 6.20 Å². The Kier molecular flexibility index (Phi) is 3.24. The Morgan fingerprint density at radius 2 is 2.10 bits per heavy atom. The lowest BCUT2D eigenvalue weighted by Crippen LogP contribution is -2.06. The summed E-state index contributed by atoms with van der Waals surface area (Å²) in [6.07, 6.45) is 3.58. The normalized spacial score (nSPS) is 12.8. The van der Waals surface area contributed by atoms with Crippen LogP contribution in [0.25, 0.3) is 10.9 Å². The number of aliphatic hydroxyl groups is 1. The molecule has 1 unspecified atom stereocenters. The average molecular weight is 267 g/mol. The molecular formula is C16H17N3O. The fourth-order valence-electron chi connectivity index (χ4n) is 2.34. The van der Waals surface area contributed by atoms with Crippen LogP contribution in [0, 0.1) is 6.92 Å². The maximum atomic E-state index is 10.4. The van der Waals surface area contributed by atoms with Crippen molar-refractivity contribution in [2.24, 2.45) is 7.05 Å². The van der Waals surface area contributed by atoms with Crippen LogP contribution in [-0.2, 0) is 13.5 Å². The monoisotopic (exact) mass is 267 g/mol. The first kappa shape index (κ1) is 12.8. The van der Waals surface area contributed by atoms with Crippen molar-refractivity contribution < 1.29 is 5.11 Å². The molecule has 0 radical (unpaired) electrons. The predicted octanol–water partition coefficient (Wildman–Crippen LogP) is 2.55. The van der Waals surface area contributed by atoms with Gasteiger partial charge in [-0.2, -0.15) is 0 Å². The molecule has 3 aromatic rings. The van der Waals surface area contributed by atoms with Crippen molar-refractivity contribution in [1.82, 2.24) is 14.5 Å². The molecular weight excluding hydrogens is 250 g/mol. The molecule has 3 rings (SSSR count). The fraction of sp³-hybridized carbons (Fsp3) is 0.250. The van der Waals surface area contributed by atoms with Crippen molar-refractivity contribution in [2.75, 3.05) is 0 Å². The molecule has 4 heteroatoms. The number of hydrogen-bond acceptors (Lipinski definition) is 3. The van der Waals surface area contributed by atoms with Gasteiger partial charge in [-0.15, -0.1) is 0 Å². The summed E-state index contributed by atoms with van der Waals surface area (Å²) >= 11 is 0. The lowest BCUT2D eigenvalue weighted by atomic mass is 10.0. The molecule has 1 aromatic carbocycles. The number of rotatable bonds is 3. The minimum Gasteiger partial charge on any atom is -0.388 e. The summed E-state index contributed by atoms with van der Waals surface area (Å²) in [5, 5.41) is 11.4. The zero-order chi connectivity index (χ0) is 14.1. The molecule has 1 atom stereocenters. The molecule has 0 aliphatic heterocycles. The number of imidazole rings is 1. The molecule has 0 spiro atoms. The molecule has 0 fully saturated rings. The van der Waals surface area contributed by atoms with Gasteiger partial charge in [-0.1, -0.05) is 12.1 Å². The van der Waals surface area contributed by atoms with E-state index in [9.17, 15) is 5.11 Å². The van der Waals surface area contributed by atoms with Gasteiger partial charge in [-0.05, 0) is 30.7 Å². The highest BCUT2D eigenvalue weighted by Gasteiger charge is 2.12. The van der Waals surface area contributed by atoms with Gasteiger partial charge in [-0.25, -0.2) is 4.98 Å².